The first-order valence-electron chi connectivity index (χ1n) is 4.45. The molecule has 0 aromatic heterocycles. The third-order valence-corrected chi connectivity index (χ3v) is 2.08. The molecular weight excluding hydrogens is 160 g/mol. The van der Waals surface area contributed by atoms with Gasteiger partial charge in [-0.3, -0.25) is 0 Å². The first kappa shape index (κ1) is 9.85. The highest BCUT2D eigenvalue weighted by Gasteiger charge is 2.12. The van der Waals surface area contributed by atoms with Gasteiger partial charge in [-0.25, -0.2) is 0 Å². The lowest BCUT2D eigenvalue weighted by Crippen LogP contribution is -2.00. The minimum absolute atomic E-state index is 0.433. The minimum Gasteiger partial charge on any atom is -0.508 e. The summed E-state index contributed by atoms with van der Waals surface area (Å²) in [7, 11) is 0. The van der Waals surface area contributed by atoms with Gasteiger partial charge in [-0.15, -0.1) is 13.2 Å². The maximum atomic E-state index is 9.79. The highest BCUT2D eigenvalue weighted by atomic mass is 16.3. The second kappa shape index (κ2) is 4.70. The van der Waals surface area contributed by atoms with E-state index in [9.17, 15) is 5.11 Å². The van der Waals surface area contributed by atoms with Crippen molar-refractivity contribution >= 4 is 0 Å². The average Bonchev–Trinajstić information content (AvgIpc) is 2.13. The number of hydrogen-bond acceptors (Lipinski definition) is 1. The highest BCUT2D eigenvalue weighted by Crippen LogP contribution is 2.27. The van der Waals surface area contributed by atoms with Gasteiger partial charge in [0.25, 0.3) is 0 Å². The molecule has 1 radical (unpaired) electrons. The second-order valence-corrected chi connectivity index (χ2v) is 3.07. The monoisotopic (exact) mass is 175 g/mol. The van der Waals surface area contributed by atoms with Crippen molar-refractivity contribution in [1.82, 2.24) is 0 Å². The van der Waals surface area contributed by atoms with E-state index in [0.717, 1.165) is 30.4 Å². The summed E-state index contributed by atoms with van der Waals surface area (Å²) in [6.45, 7) is 7.31. The predicted octanol–water partition coefficient (Wildman–Crippen LogP) is 3.49. The van der Waals surface area contributed by atoms with Crippen molar-refractivity contribution in [2.75, 3.05) is 0 Å². The van der Waals surface area contributed by atoms with Crippen molar-refractivity contribution in [1.29, 1.82) is 0 Å². The lowest BCUT2D eigenvalue weighted by molar-refractivity contribution is 0.408. The van der Waals surface area contributed by atoms with Crippen LogP contribution in [0.2, 0.25) is 0 Å². The summed E-state index contributed by atoms with van der Waals surface area (Å²) in [5, 5.41) is 9.79. The van der Waals surface area contributed by atoms with Gasteiger partial charge in [0.1, 0.15) is 5.76 Å². The van der Waals surface area contributed by atoms with Crippen LogP contribution in [0.4, 0.5) is 0 Å². The molecule has 0 aliphatic heterocycles. The van der Waals surface area contributed by atoms with Crippen LogP contribution in [-0.4, -0.2) is 5.11 Å². The minimum atomic E-state index is 0.433. The van der Waals surface area contributed by atoms with Gasteiger partial charge in [0.15, 0.2) is 0 Å². The Bertz CT molecular complexity index is 269. The van der Waals surface area contributed by atoms with Gasteiger partial charge in [-0.1, -0.05) is 18.2 Å². The van der Waals surface area contributed by atoms with E-state index in [0.29, 0.717) is 5.76 Å². The van der Waals surface area contributed by atoms with E-state index in [1.807, 2.05) is 12.2 Å². The summed E-state index contributed by atoms with van der Waals surface area (Å²) < 4.78 is 0. The van der Waals surface area contributed by atoms with Crippen LogP contribution in [0, 0.1) is 6.42 Å². The number of hydrogen-bond donors (Lipinski definition) is 1. The van der Waals surface area contributed by atoms with Crippen LogP contribution in [0.25, 0.3) is 0 Å². The Morgan fingerprint density at radius 1 is 1.31 bits per heavy atom. The lowest BCUT2D eigenvalue weighted by atomic mass is 9.93. The van der Waals surface area contributed by atoms with Gasteiger partial charge >= 0.3 is 0 Å². The van der Waals surface area contributed by atoms with Gasteiger partial charge in [0.05, 0.1) is 0 Å². The summed E-state index contributed by atoms with van der Waals surface area (Å²) >= 11 is 0. The molecule has 0 heterocycles. The Morgan fingerprint density at radius 2 is 2.00 bits per heavy atom. The maximum absolute atomic E-state index is 9.79. The molecular formula is C12H15O. The number of aliphatic hydroxyl groups is 1. The highest BCUT2D eigenvalue weighted by molar-refractivity contribution is 5.38. The summed E-state index contributed by atoms with van der Waals surface area (Å²) in [6.07, 6.45) is 9.96. The summed E-state index contributed by atoms with van der Waals surface area (Å²) in [5.74, 6) is 0.433. The third kappa shape index (κ3) is 2.35. The standard InChI is InChI=1S/C12H15O/c1-3-6-10-8-5-9-11(7-4-2)12(10)13/h3-5,8,13H,1-2,6-7,9H2. The molecule has 1 aliphatic rings. The molecule has 1 heteroatoms. The van der Waals surface area contributed by atoms with Gasteiger partial charge in [-0.2, -0.15) is 0 Å². The number of aliphatic hydroxyl groups excluding tert-OH is 1. The van der Waals surface area contributed by atoms with Crippen molar-refractivity contribution < 1.29 is 5.11 Å². The van der Waals surface area contributed by atoms with E-state index in [1.54, 1.807) is 6.08 Å². The van der Waals surface area contributed by atoms with E-state index in [2.05, 4.69) is 19.6 Å². The summed E-state index contributed by atoms with van der Waals surface area (Å²) in [5.41, 5.74) is 2.01. The van der Waals surface area contributed by atoms with E-state index in [-0.39, 0.29) is 0 Å². The average molecular weight is 175 g/mol. The number of allylic oxidation sites excluding steroid dienone is 5. The molecule has 0 bridgehead atoms. The van der Waals surface area contributed by atoms with Gasteiger partial charge < -0.3 is 5.11 Å². The zero-order valence-electron chi connectivity index (χ0n) is 7.79. The van der Waals surface area contributed by atoms with Crippen molar-refractivity contribution in [3.05, 3.63) is 54.7 Å². The molecule has 69 valence electrons. The van der Waals surface area contributed by atoms with Crippen molar-refractivity contribution in [2.45, 2.75) is 19.3 Å². The first-order valence-corrected chi connectivity index (χ1v) is 4.45. The molecule has 0 spiro atoms. The molecule has 0 atom stereocenters. The van der Waals surface area contributed by atoms with Crippen LogP contribution in [0.5, 0.6) is 0 Å². The Labute approximate surface area is 79.8 Å². The number of rotatable bonds is 4. The Balaban J connectivity index is 2.81. The maximum Gasteiger partial charge on any atom is 0.118 e. The Hall–Kier alpha value is -1.24. The largest absolute Gasteiger partial charge is 0.508 e. The summed E-state index contributed by atoms with van der Waals surface area (Å²) in [6, 6.07) is 0. The summed E-state index contributed by atoms with van der Waals surface area (Å²) in [4.78, 5) is 0. The fourth-order valence-electron chi connectivity index (χ4n) is 1.42. The van der Waals surface area contributed by atoms with Crippen LogP contribution in [0.15, 0.2) is 48.3 Å². The fourth-order valence-corrected chi connectivity index (χ4v) is 1.42. The van der Waals surface area contributed by atoms with E-state index >= 15 is 0 Å². The molecule has 0 fully saturated rings. The van der Waals surface area contributed by atoms with E-state index in [4.69, 9.17) is 0 Å². The zero-order chi connectivity index (χ0) is 9.68. The topological polar surface area (TPSA) is 20.2 Å². The molecule has 0 saturated heterocycles. The molecule has 0 aromatic rings. The van der Waals surface area contributed by atoms with E-state index < -0.39 is 0 Å². The van der Waals surface area contributed by atoms with Crippen molar-refractivity contribution in [3.8, 4) is 0 Å². The molecule has 1 N–H and O–H groups in total. The molecule has 0 aromatic carbocycles. The Morgan fingerprint density at radius 3 is 2.62 bits per heavy atom. The zero-order valence-corrected chi connectivity index (χ0v) is 7.79. The normalized spacial score (nSPS) is 16.8. The van der Waals surface area contributed by atoms with Gasteiger partial charge in [-0.05, 0) is 36.8 Å². The van der Waals surface area contributed by atoms with Crippen LogP contribution >= 0.6 is 0 Å². The smallest absolute Gasteiger partial charge is 0.118 e. The Kier molecular flexibility index (Phi) is 3.56. The molecule has 1 nitrogen and oxygen atoms in total. The van der Waals surface area contributed by atoms with Crippen LogP contribution in [-0.2, 0) is 0 Å². The molecule has 0 unspecified atom stereocenters. The van der Waals surface area contributed by atoms with Crippen LogP contribution in [0.3, 0.4) is 0 Å². The molecule has 1 rings (SSSR count). The van der Waals surface area contributed by atoms with Crippen LogP contribution in [0.1, 0.15) is 19.3 Å². The van der Waals surface area contributed by atoms with Crippen molar-refractivity contribution in [2.24, 2.45) is 0 Å². The SMILES string of the molecule is C=CCC1=C[CH]CC(CC=C)=C1O. The van der Waals surface area contributed by atoms with Gasteiger partial charge in [0, 0.05) is 0 Å². The second-order valence-electron chi connectivity index (χ2n) is 3.07. The lowest BCUT2D eigenvalue weighted by Gasteiger charge is -2.15. The quantitative estimate of drug-likeness (QED) is 0.648. The first-order chi connectivity index (χ1) is 6.29. The molecule has 0 saturated carbocycles. The van der Waals surface area contributed by atoms with Crippen LogP contribution < -0.4 is 0 Å². The molecule has 0 amide bonds. The van der Waals surface area contributed by atoms with Crippen molar-refractivity contribution in [3.63, 3.8) is 0 Å². The molecule has 13 heavy (non-hydrogen) atoms. The van der Waals surface area contributed by atoms with Gasteiger partial charge in [0.2, 0.25) is 0 Å². The predicted molar refractivity (Wildman–Crippen MR) is 56.3 cm³/mol. The van der Waals surface area contributed by atoms with E-state index in [1.165, 1.54) is 0 Å². The fraction of sp³-hybridized carbons (Fsp3) is 0.250. The third-order valence-electron chi connectivity index (χ3n) is 2.08. The molecule has 1 aliphatic carbocycles.